The molecule has 1 unspecified atom stereocenters. The lowest BCUT2D eigenvalue weighted by Crippen LogP contribution is -2.19. The molecule has 0 aliphatic heterocycles. The maximum atomic E-state index is 4.74. The van der Waals surface area contributed by atoms with E-state index in [0.717, 1.165) is 17.9 Å². The number of aryl methyl sites for hydroxylation is 1. The van der Waals surface area contributed by atoms with Crippen LogP contribution in [0.4, 0.5) is 0 Å². The van der Waals surface area contributed by atoms with Gasteiger partial charge in [0.2, 0.25) is 0 Å². The highest BCUT2D eigenvalue weighted by molar-refractivity contribution is 5.37. The molecule has 0 bridgehead atoms. The molecule has 0 fully saturated rings. The Labute approximate surface area is 157 Å². The van der Waals surface area contributed by atoms with Gasteiger partial charge in [-0.3, -0.25) is 0 Å². The van der Waals surface area contributed by atoms with Gasteiger partial charge in [0.1, 0.15) is 0 Å². The van der Waals surface area contributed by atoms with Crippen LogP contribution in [0.15, 0.2) is 54.6 Å². The van der Waals surface area contributed by atoms with E-state index in [0.29, 0.717) is 12.0 Å². The van der Waals surface area contributed by atoms with Gasteiger partial charge in [-0.2, -0.15) is 5.10 Å². The predicted molar refractivity (Wildman–Crippen MR) is 109 cm³/mol. The summed E-state index contributed by atoms with van der Waals surface area (Å²) in [4.78, 5) is 0. The molecule has 0 amide bonds. The summed E-state index contributed by atoms with van der Waals surface area (Å²) in [5.74, 6) is 0.571. The van der Waals surface area contributed by atoms with Crippen molar-refractivity contribution in [3.8, 4) is 5.69 Å². The van der Waals surface area contributed by atoms with Crippen LogP contribution in [0.3, 0.4) is 0 Å². The lowest BCUT2D eigenvalue weighted by molar-refractivity contribution is 0.571. The Kier molecular flexibility index (Phi) is 5.58. The average molecular weight is 348 g/mol. The number of hydrogen-bond acceptors (Lipinski definition) is 2. The molecular weight excluding hydrogens is 318 g/mol. The van der Waals surface area contributed by atoms with Gasteiger partial charge in [0, 0.05) is 23.8 Å². The molecular formula is C23H29N3. The molecule has 136 valence electrons. The molecule has 0 radical (unpaired) electrons. The van der Waals surface area contributed by atoms with E-state index in [1.54, 1.807) is 0 Å². The number of aromatic nitrogens is 2. The first-order valence-electron chi connectivity index (χ1n) is 9.41. The van der Waals surface area contributed by atoms with Gasteiger partial charge in [0.05, 0.1) is 11.4 Å². The van der Waals surface area contributed by atoms with Gasteiger partial charge >= 0.3 is 0 Å². The van der Waals surface area contributed by atoms with E-state index < -0.39 is 0 Å². The van der Waals surface area contributed by atoms with Gasteiger partial charge in [0.15, 0.2) is 0 Å². The van der Waals surface area contributed by atoms with Gasteiger partial charge in [0.25, 0.3) is 0 Å². The summed E-state index contributed by atoms with van der Waals surface area (Å²) >= 11 is 0. The number of nitrogens with zero attached hydrogens (tertiary/aromatic N) is 2. The molecule has 0 aliphatic carbocycles. The van der Waals surface area contributed by atoms with Crippen molar-refractivity contribution < 1.29 is 0 Å². The van der Waals surface area contributed by atoms with E-state index in [9.17, 15) is 0 Å². The largest absolute Gasteiger partial charge is 0.306 e. The Morgan fingerprint density at radius 2 is 1.50 bits per heavy atom. The Hall–Kier alpha value is -2.39. The second-order valence-corrected chi connectivity index (χ2v) is 7.32. The van der Waals surface area contributed by atoms with Gasteiger partial charge in [-0.1, -0.05) is 56.3 Å². The van der Waals surface area contributed by atoms with Gasteiger partial charge < -0.3 is 5.32 Å². The van der Waals surface area contributed by atoms with Crippen LogP contribution in [0.5, 0.6) is 0 Å². The van der Waals surface area contributed by atoms with E-state index in [-0.39, 0.29) is 0 Å². The van der Waals surface area contributed by atoms with Crippen molar-refractivity contribution in [3.63, 3.8) is 0 Å². The van der Waals surface area contributed by atoms with E-state index in [4.69, 9.17) is 5.10 Å². The van der Waals surface area contributed by atoms with Crippen molar-refractivity contribution in [1.82, 2.24) is 15.1 Å². The highest BCUT2D eigenvalue weighted by Gasteiger charge is 2.14. The number of hydrogen-bond donors (Lipinski definition) is 1. The standard InChI is InChI=1S/C23H29N3/c1-16(2)20-11-13-21(14-12-20)17(3)24-15-23-18(4)25-26(19(23)5)22-9-7-6-8-10-22/h6-14,16-17,24H,15H2,1-5H3. The first kappa shape index (κ1) is 18.4. The maximum absolute atomic E-state index is 4.74. The van der Waals surface area contributed by atoms with Crippen molar-refractivity contribution >= 4 is 0 Å². The highest BCUT2D eigenvalue weighted by atomic mass is 15.3. The molecule has 3 rings (SSSR count). The molecule has 1 aromatic heterocycles. The number of para-hydroxylation sites is 1. The lowest BCUT2D eigenvalue weighted by Gasteiger charge is -2.16. The summed E-state index contributed by atoms with van der Waals surface area (Å²) in [7, 11) is 0. The zero-order valence-corrected chi connectivity index (χ0v) is 16.5. The van der Waals surface area contributed by atoms with E-state index in [1.807, 2.05) is 22.9 Å². The first-order valence-corrected chi connectivity index (χ1v) is 9.41. The number of rotatable bonds is 6. The Morgan fingerprint density at radius 3 is 2.12 bits per heavy atom. The summed E-state index contributed by atoms with van der Waals surface area (Å²) in [6.45, 7) is 11.7. The summed E-state index contributed by atoms with van der Waals surface area (Å²) in [6, 6.07) is 19.6. The average Bonchev–Trinajstić information content (AvgIpc) is 2.94. The first-order chi connectivity index (χ1) is 12.5. The summed E-state index contributed by atoms with van der Waals surface area (Å²) in [5.41, 5.74) is 7.37. The normalized spacial score (nSPS) is 12.5. The van der Waals surface area contributed by atoms with Crippen LogP contribution < -0.4 is 5.32 Å². The van der Waals surface area contributed by atoms with Crippen molar-refractivity contribution in [2.75, 3.05) is 0 Å². The third-order valence-electron chi connectivity index (χ3n) is 5.13. The predicted octanol–water partition coefficient (Wildman–Crippen LogP) is 5.46. The zero-order chi connectivity index (χ0) is 18.7. The van der Waals surface area contributed by atoms with E-state index in [2.05, 4.69) is 76.3 Å². The SMILES string of the molecule is Cc1nn(-c2ccccc2)c(C)c1CNC(C)c1ccc(C(C)C)cc1. The molecule has 26 heavy (non-hydrogen) atoms. The molecule has 3 aromatic rings. The van der Waals surface area contributed by atoms with Crippen molar-refractivity contribution in [2.24, 2.45) is 0 Å². The zero-order valence-electron chi connectivity index (χ0n) is 16.5. The van der Waals surface area contributed by atoms with E-state index >= 15 is 0 Å². The van der Waals surface area contributed by atoms with Crippen LogP contribution in [-0.2, 0) is 6.54 Å². The number of benzene rings is 2. The maximum Gasteiger partial charge on any atom is 0.0648 e. The lowest BCUT2D eigenvalue weighted by atomic mass is 9.99. The highest BCUT2D eigenvalue weighted by Crippen LogP contribution is 2.21. The molecule has 0 saturated heterocycles. The molecule has 3 nitrogen and oxygen atoms in total. The van der Waals surface area contributed by atoms with Gasteiger partial charge in [-0.15, -0.1) is 0 Å². The number of nitrogens with one attached hydrogen (secondary N) is 1. The molecule has 1 heterocycles. The van der Waals surface area contributed by atoms with Crippen molar-refractivity contribution in [1.29, 1.82) is 0 Å². The Bertz CT molecular complexity index is 845. The van der Waals surface area contributed by atoms with Gasteiger partial charge in [-0.25, -0.2) is 4.68 Å². The topological polar surface area (TPSA) is 29.9 Å². The molecule has 1 N–H and O–H groups in total. The van der Waals surface area contributed by atoms with E-state index in [1.165, 1.54) is 22.4 Å². The second-order valence-electron chi connectivity index (χ2n) is 7.32. The Morgan fingerprint density at radius 1 is 0.885 bits per heavy atom. The Balaban J connectivity index is 1.72. The molecule has 0 aliphatic rings. The minimum Gasteiger partial charge on any atom is -0.306 e. The third kappa shape index (κ3) is 3.88. The van der Waals surface area contributed by atoms with Crippen molar-refractivity contribution in [3.05, 3.63) is 82.7 Å². The smallest absolute Gasteiger partial charge is 0.0648 e. The van der Waals surface area contributed by atoms with Crippen molar-refractivity contribution in [2.45, 2.75) is 53.1 Å². The molecule has 3 heteroatoms. The molecule has 1 atom stereocenters. The van der Waals surface area contributed by atoms with Crippen LogP contribution in [-0.4, -0.2) is 9.78 Å². The summed E-state index contributed by atoms with van der Waals surface area (Å²) in [5, 5.41) is 8.40. The second kappa shape index (κ2) is 7.88. The van der Waals surface area contributed by atoms with Gasteiger partial charge in [-0.05, 0) is 49.9 Å². The molecule has 2 aromatic carbocycles. The van der Waals surface area contributed by atoms with Crippen LogP contribution in [0.25, 0.3) is 5.69 Å². The van der Waals surface area contributed by atoms with Crippen LogP contribution in [0.2, 0.25) is 0 Å². The molecule has 0 spiro atoms. The summed E-state index contributed by atoms with van der Waals surface area (Å²) < 4.78 is 2.04. The molecule has 0 saturated carbocycles. The quantitative estimate of drug-likeness (QED) is 0.641. The fourth-order valence-corrected chi connectivity index (χ4v) is 3.29. The fourth-order valence-electron chi connectivity index (χ4n) is 3.29. The monoisotopic (exact) mass is 347 g/mol. The summed E-state index contributed by atoms with van der Waals surface area (Å²) in [6.07, 6.45) is 0. The van der Waals surface area contributed by atoms with Crippen LogP contribution >= 0.6 is 0 Å². The minimum atomic E-state index is 0.301. The third-order valence-corrected chi connectivity index (χ3v) is 5.13. The van der Waals surface area contributed by atoms with Crippen LogP contribution in [0, 0.1) is 13.8 Å². The minimum absolute atomic E-state index is 0.301. The fraction of sp³-hybridized carbons (Fsp3) is 0.348. The van der Waals surface area contributed by atoms with Crippen LogP contribution in [0.1, 0.15) is 60.8 Å².